The van der Waals surface area contributed by atoms with E-state index in [-0.39, 0.29) is 17.4 Å². The quantitative estimate of drug-likeness (QED) is 0.442. The number of hydrogen-bond acceptors (Lipinski definition) is 5. The van der Waals surface area contributed by atoms with E-state index in [0.717, 1.165) is 18.7 Å². The second-order valence-corrected chi connectivity index (χ2v) is 13.1. The standard InChI is InChI=1S/C33H46ClN5O2/c1-33(2)27-11-7-6-10-25(27)21-28(37-33)31(40)36-29(20-23-12-14-26(34)15-13-23)32(41)39-18-16-38(17-19-39)30(22-35)24-8-4-3-5-9-24/h6-7,10-15,24,28-30,37H,3-5,8-9,16-22,35H2,1-2H3,(H,36,40). The highest BCUT2D eigenvalue weighted by Crippen LogP contribution is 2.31. The van der Waals surface area contributed by atoms with Crippen molar-refractivity contribution in [3.8, 4) is 0 Å². The van der Waals surface area contributed by atoms with Gasteiger partial charge in [0.05, 0.1) is 6.04 Å². The van der Waals surface area contributed by atoms with E-state index in [1.165, 1.54) is 43.2 Å². The van der Waals surface area contributed by atoms with E-state index in [0.29, 0.717) is 49.5 Å². The van der Waals surface area contributed by atoms with Gasteiger partial charge >= 0.3 is 0 Å². The zero-order chi connectivity index (χ0) is 29.0. The topological polar surface area (TPSA) is 90.7 Å². The van der Waals surface area contributed by atoms with E-state index in [2.05, 4.69) is 41.5 Å². The molecule has 222 valence electrons. The molecule has 0 spiro atoms. The van der Waals surface area contributed by atoms with Crippen molar-refractivity contribution in [2.24, 2.45) is 11.7 Å². The van der Waals surface area contributed by atoms with Gasteiger partial charge in [-0.15, -0.1) is 0 Å². The number of hydrogen-bond donors (Lipinski definition) is 3. The lowest BCUT2D eigenvalue weighted by Crippen LogP contribution is -2.61. The van der Waals surface area contributed by atoms with Crippen molar-refractivity contribution >= 4 is 23.4 Å². The Kier molecular flexibility index (Phi) is 9.70. The summed E-state index contributed by atoms with van der Waals surface area (Å²) >= 11 is 6.13. The number of carbonyl (C=O) groups excluding carboxylic acids is 2. The molecule has 2 heterocycles. The van der Waals surface area contributed by atoms with Gasteiger partial charge in [0, 0.05) is 55.7 Å². The molecule has 0 aromatic heterocycles. The van der Waals surface area contributed by atoms with Gasteiger partial charge in [0.15, 0.2) is 0 Å². The van der Waals surface area contributed by atoms with E-state index in [4.69, 9.17) is 17.3 Å². The largest absolute Gasteiger partial charge is 0.343 e. The van der Waals surface area contributed by atoms with Crippen LogP contribution in [0.25, 0.3) is 0 Å². The van der Waals surface area contributed by atoms with Crippen molar-refractivity contribution in [1.29, 1.82) is 0 Å². The second kappa shape index (κ2) is 13.2. The first kappa shape index (κ1) is 30.0. The van der Waals surface area contributed by atoms with Crippen molar-refractivity contribution in [1.82, 2.24) is 20.4 Å². The number of nitrogens with two attached hydrogens (primary N) is 1. The summed E-state index contributed by atoms with van der Waals surface area (Å²) in [5.74, 6) is 0.495. The molecule has 2 aromatic rings. The normalized spacial score (nSPS) is 22.9. The van der Waals surface area contributed by atoms with Crippen LogP contribution in [-0.2, 0) is 28.0 Å². The van der Waals surface area contributed by atoms with Crippen molar-refractivity contribution in [2.45, 2.75) is 82.5 Å². The Balaban J connectivity index is 1.27. The minimum absolute atomic E-state index is 0.0228. The Labute approximate surface area is 250 Å². The number of halogens is 1. The molecule has 7 nitrogen and oxygen atoms in total. The summed E-state index contributed by atoms with van der Waals surface area (Å²) in [6, 6.07) is 15.1. The molecule has 2 amide bonds. The van der Waals surface area contributed by atoms with Gasteiger partial charge < -0.3 is 16.0 Å². The van der Waals surface area contributed by atoms with Crippen LogP contribution in [0.1, 0.15) is 62.6 Å². The maximum Gasteiger partial charge on any atom is 0.245 e. The SMILES string of the molecule is CC1(C)NC(C(=O)NC(Cc2ccc(Cl)cc2)C(=O)N2CCN(C(CN)C3CCCCC3)CC2)Cc2ccccc21. The zero-order valence-corrected chi connectivity index (χ0v) is 25.3. The van der Waals surface area contributed by atoms with E-state index >= 15 is 0 Å². The van der Waals surface area contributed by atoms with Crippen molar-refractivity contribution in [3.63, 3.8) is 0 Å². The lowest BCUT2D eigenvalue weighted by Gasteiger charge is -2.43. The summed E-state index contributed by atoms with van der Waals surface area (Å²) in [6.07, 6.45) is 7.45. The molecule has 2 aliphatic heterocycles. The Bertz CT molecular complexity index is 1190. The minimum Gasteiger partial charge on any atom is -0.343 e. The number of amides is 2. The van der Waals surface area contributed by atoms with E-state index in [9.17, 15) is 9.59 Å². The van der Waals surface area contributed by atoms with Gasteiger partial charge in [-0.1, -0.05) is 67.3 Å². The fourth-order valence-electron chi connectivity index (χ4n) is 7.23. The van der Waals surface area contributed by atoms with Crippen LogP contribution in [0.15, 0.2) is 48.5 Å². The molecule has 3 atom stereocenters. The van der Waals surface area contributed by atoms with Crippen molar-refractivity contribution in [3.05, 3.63) is 70.2 Å². The van der Waals surface area contributed by atoms with Gasteiger partial charge in [-0.25, -0.2) is 0 Å². The predicted octanol–water partition coefficient (Wildman–Crippen LogP) is 3.87. The van der Waals surface area contributed by atoms with Crippen LogP contribution in [0.2, 0.25) is 5.02 Å². The molecule has 2 aromatic carbocycles. The molecular weight excluding hydrogens is 534 g/mol. The lowest BCUT2D eigenvalue weighted by atomic mass is 9.82. The van der Waals surface area contributed by atoms with Crippen LogP contribution >= 0.6 is 11.6 Å². The number of piperazine rings is 1. The van der Waals surface area contributed by atoms with E-state index in [1.54, 1.807) is 0 Å². The molecule has 0 radical (unpaired) electrons. The first-order valence-corrected chi connectivity index (χ1v) is 15.8. The molecule has 4 N–H and O–H groups in total. The highest BCUT2D eigenvalue weighted by atomic mass is 35.5. The number of nitrogens with one attached hydrogen (secondary N) is 2. The molecule has 1 aliphatic carbocycles. The number of fused-ring (bicyclic) bond motifs is 1. The van der Waals surface area contributed by atoms with E-state index in [1.807, 2.05) is 41.3 Å². The first-order valence-electron chi connectivity index (χ1n) is 15.4. The zero-order valence-electron chi connectivity index (χ0n) is 24.6. The molecule has 2 fully saturated rings. The van der Waals surface area contributed by atoms with Gasteiger partial charge in [-0.3, -0.25) is 19.8 Å². The molecule has 41 heavy (non-hydrogen) atoms. The Morgan fingerprint density at radius 1 is 1.02 bits per heavy atom. The predicted molar refractivity (Wildman–Crippen MR) is 165 cm³/mol. The monoisotopic (exact) mass is 579 g/mol. The molecule has 8 heteroatoms. The summed E-state index contributed by atoms with van der Waals surface area (Å²) in [4.78, 5) is 32.1. The maximum absolute atomic E-state index is 14.0. The highest BCUT2D eigenvalue weighted by Gasteiger charge is 2.38. The van der Waals surface area contributed by atoms with Gasteiger partial charge in [-0.05, 0) is 67.9 Å². The molecular formula is C33H46ClN5O2. The number of benzene rings is 2. The summed E-state index contributed by atoms with van der Waals surface area (Å²) in [5.41, 5.74) is 9.26. The Hall–Kier alpha value is -2.45. The number of rotatable bonds is 8. The molecule has 1 saturated carbocycles. The average Bonchev–Trinajstić information content (AvgIpc) is 2.98. The number of carbonyl (C=O) groups is 2. The minimum atomic E-state index is -0.652. The van der Waals surface area contributed by atoms with Crippen molar-refractivity contribution in [2.75, 3.05) is 32.7 Å². The summed E-state index contributed by atoms with van der Waals surface area (Å²) in [6.45, 7) is 7.81. The Morgan fingerprint density at radius 3 is 2.39 bits per heavy atom. The van der Waals surface area contributed by atoms with Crippen LogP contribution in [0.5, 0.6) is 0 Å². The highest BCUT2D eigenvalue weighted by molar-refractivity contribution is 6.30. The van der Waals surface area contributed by atoms with Crippen molar-refractivity contribution < 1.29 is 9.59 Å². The van der Waals surface area contributed by atoms with Gasteiger partial charge in [0.2, 0.25) is 11.8 Å². The lowest BCUT2D eigenvalue weighted by molar-refractivity contribution is -0.139. The smallest absolute Gasteiger partial charge is 0.245 e. The third kappa shape index (κ3) is 7.14. The first-order chi connectivity index (χ1) is 19.7. The molecule has 0 bridgehead atoms. The average molecular weight is 580 g/mol. The maximum atomic E-state index is 14.0. The third-order valence-electron chi connectivity index (χ3n) is 9.46. The summed E-state index contributed by atoms with van der Waals surface area (Å²) < 4.78 is 0. The van der Waals surface area contributed by atoms with Gasteiger partial charge in [-0.2, -0.15) is 0 Å². The molecule has 3 aliphatic rings. The Morgan fingerprint density at radius 2 is 1.71 bits per heavy atom. The third-order valence-corrected chi connectivity index (χ3v) is 9.72. The molecule has 5 rings (SSSR count). The fraction of sp³-hybridized carbons (Fsp3) is 0.576. The van der Waals surface area contributed by atoms with Crippen LogP contribution < -0.4 is 16.4 Å². The van der Waals surface area contributed by atoms with Crippen LogP contribution in [0.3, 0.4) is 0 Å². The van der Waals surface area contributed by atoms with E-state index < -0.39 is 12.1 Å². The summed E-state index contributed by atoms with van der Waals surface area (Å²) in [5, 5.41) is 7.33. The van der Waals surface area contributed by atoms with Crippen LogP contribution in [0, 0.1) is 5.92 Å². The summed E-state index contributed by atoms with van der Waals surface area (Å²) in [7, 11) is 0. The fourth-order valence-corrected chi connectivity index (χ4v) is 7.36. The van der Waals surface area contributed by atoms with Crippen LogP contribution in [0.4, 0.5) is 0 Å². The van der Waals surface area contributed by atoms with Crippen LogP contribution in [-0.4, -0.2) is 72.5 Å². The van der Waals surface area contributed by atoms with Gasteiger partial charge in [0.25, 0.3) is 0 Å². The second-order valence-electron chi connectivity index (χ2n) is 12.6. The van der Waals surface area contributed by atoms with Gasteiger partial charge in [0.1, 0.15) is 6.04 Å². The number of nitrogens with zero attached hydrogens (tertiary/aromatic N) is 2. The molecule has 1 saturated heterocycles. The molecule has 3 unspecified atom stereocenters.